The number of halogens is 1. The zero-order valence-corrected chi connectivity index (χ0v) is 15.0. The molecule has 25 heavy (non-hydrogen) atoms. The standard InChI is InChI=1S/C18H11IN6/c19-18-21-17(24-25-18)11-5-6-14-13(7-11)16(23-22-14)15-8-10-3-1-2-4-12(10)9-20-15/h1-9H,(H,22,23)(H,21,24,25). The monoisotopic (exact) mass is 438 g/mol. The number of nitrogens with zero attached hydrogens (tertiary/aromatic N) is 4. The molecule has 0 aliphatic rings. The molecule has 0 saturated carbocycles. The van der Waals surface area contributed by atoms with E-state index < -0.39 is 0 Å². The Hall–Kier alpha value is -2.81. The lowest BCUT2D eigenvalue weighted by molar-refractivity contribution is 1.07. The normalized spacial score (nSPS) is 11.4. The number of aromatic amines is 2. The van der Waals surface area contributed by atoms with Crippen molar-refractivity contribution >= 4 is 44.3 Å². The molecule has 2 aromatic carbocycles. The lowest BCUT2D eigenvalue weighted by Crippen LogP contribution is -1.86. The number of benzene rings is 2. The maximum atomic E-state index is 4.58. The second kappa shape index (κ2) is 5.62. The molecule has 0 saturated heterocycles. The Morgan fingerprint density at radius 1 is 0.880 bits per heavy atom. The summed E-state index contributed by atoms with van der Waals surface area (Å²) in [5, 5.41) is 17.9. The summed E-state index contributed by atoms with van der Waals surface area (Å²) in [6.07, 6.45) is 1.88. The van der Waals surface area contributed by atoms with E-state index in [0.717, 1.165) is 42.5 Å². The second-order valence-corrected chi connectivity index (χ2v) is 6.72. The topological polar surface area (TPSA) is 83.1 Å². The Bertz CT molecular complexity index is 1220. The summed E-state index contributed by atoms with van der Waals surface area (Å²) in [5.41, 5.74) is 3.56. The fraction of sp³-hybridized carbons (Fsp3) is 0. The third-order valence-electron chi connectivity index (χ3n) is 4.15. The average molecular weight is 438 g/mol. The highest BCUT2D eigenvalue weighted by atomic mass is 127. The molecule has 0 aliphatic carbocycles. The van der Waals surface area contributed by atoms with E-state index in [4.69, 9.17) is 0 Å². The van der Waals surface area contributed by atoms with Gasteiger partial charge in [0.05, 0.1) is 11.2 Å². The van der Waals surface area contributed by atoms with Gasteiger partial charge in [-0.3, -0.25) is 15.2 Å². The molecule has 120 valence electrons. The number of pyridine rings is 1. The van der Waals surface area contributed by atoms with Gasteiger partial charge in [0, 0.05) is 45.1 Å². The van der Waals surface area contributed by atoms with Crippen LogP contribution in [0.5, 0.6) is 0 Å². The third-order valence-corrected chi connectivity index (χ3v) is 4.64. The SMILES string of the molecule is Ic1nc(-c2ccc3[nH]nc(-c4cc5ccccc5cn4)c3c2)n[nH]1. The number of nitrogens with one attached hydrogen (secondary N) is 2. The van der Waals surface area contributed by atoms with Crippen LogP contribution < -0.4 is 0 Å². The molecule has 0 radical (unpaired) electrons. The zero-order chi connectivity index (χ0) is 16.8. The Kier molecular flexibility index (Phi) is 3.27. The Balaban J connectivity index is 1.69. The van der Waals surface area contributed by atoms with Gasteiger partial charge in [-0.15, -0.1) is 0 Å². The van der Waals surface area contributed by atoms with Crippen LogP contribution in [-0.2, 0) is 0 Å². The van der Waals surface area contributed by atoms with E-state index in [1.54, 1.807) is 0 Å². The van der Waals surface area contributed by atoms with Gasteiger partial charge in [0.1, 0.15) is 5.69 Å². The van der Waals surface area contributed by atoms with Gasteiger partial charge in [-0.1, -0.05) is 24.3 Å². The molecule has 3 aromatic heterocycles. The lowest BCUT2D eigenvalue weighted by atomic mass is 10.1. The fourth-order valence-corrected chi connectivity index (χ4v) is 3.28. The summed E-state index contributed by atoms with van der Waals surface area (Å²) < 4.78 is 0.760. The predicted octanol–water partition coefficient (Wildman–Crippen LogP) is 4.17. The molecule has 0 amide bonds. The summed E-state index contributed by atoms with van der Waals surface area (Å²) in [5.74, 6) is 0.671. The smallest absolute Gasteiger partial charge is 0.187 e. The van der Waals surface area contributed by atoms with Gasteiger partial charge in [-0.05, 0) is 29.7 Å². The van der Waals surface area contributed by atoms with Crippen molar-refractivity contribution < 1.29 is 0 Å². The van der Waals surface area contributed by atoms with E-state index in [1.807, 2.05) is 36.5 Å². The molecule has 0 unspecified atom stereocenters. The van der Waals surface area contributed by atoms with E-state index >= 15 is 0 Å². The highest BCUT2D eigenvalue weighted by Gasteiger charge is 2.13. The first-order valence-electron chi connectivity index (χ1n) is 7.69. The maximum Gasteiger partial charge on any atom is 0.187 e. The van der Waals surface area contributed by atoms with Gasteiger partial charge in [0.25, 0.3) is 0 Å². The van der Waals surface area contributed by atoms with Gasteiger partial charge in [-0.25, -0.2) is 4.98 Å². The molecule has 6 nitrogen and oxygen atoms in total. The molecule has 5 aromatic rings. The maximum absolute atomic E-state index is 4.58. The van der Waals surface area contributed by atoms with Gasteiger partial charge >= 0.3 is 0 Å². The van der Waals surface area contributed by atoms with Crippen LogP contribution in [0.3, 0.4) is 0 Å². The molecule has 7 heteroatoms. The van der Waals surface area contributed by atoms with Crippen LogP contribution in [0.25, 0.3) is 44.5 Å². The molecule has 0 aliphatic heterocycles. The van der Waals surface area contributed by atoms with Crippen LogP contribution in [0.4, 0.5) is 0 Å². The van der Waals surface area contributed by atoms with Crippen LogP contribution in [0.15, 0.2) is 54.7 Å². The summed E-state index contributed by atoms with van der Waals surface area (Å²) >= 11 is 2.11. The summed E-state index contributed by atoms with van der Waals surface area (Å²) in [4.78, 5) is 8.97. The molecule has 0 fully saturated rings. The van der Waals surface area contributed by atoms with E-state index in [9.17, 15) is 0 Å². The van der Waals surface area contributed by atoms with Crippen LogP contribution in [0.1, 0.15) is 0 Å². The van der Waals surface area contributed by atoms with Gasteiger partial charge in [0.15, 0.2) is 9.66 Å². The minimum absolute atomic E-state index is 0.671. The number of H-pyrrole nitrogens is 2. The van der Waals surface area contributed by atoms with Crippen molar-refractivity contribution in [2.45, 2.75) is 0 Å². The highest BCUT2D eigenvalue weighted by Crippen LogP contribution is 2.29. The van der Waals surface area contributed by atoms with Crippen LogP contribution >= 0.6 is 22.6 Å². The van der Waals surface area contributed by atoms with E-state index in [2.05, 4.69) is 71.2 Å². The Morgan fingerprint density at radius 2 is 1.76 bits per heavy atom. The van der Waals surface area contributed by atoms with Crippen molar-refractivity contribution in [1.82, 2.24) is 30.4 Å². The van der Waals surface area contributed by atoms with Crippen molar-refractivity contribution in [3.8, 4) is 22.8 Å². The minimum Gasteiger partial charge on any atom is -0.277 e. The molecule has 0 atom stereocenters. The van der Waals surface area contributed by atoms with Gasteiger partial charge in [-0.2, -0.15) is 10.2 Å². The van der Waals surface area contributed by atoms with Gasteiger partial charge < -0.3 is 0 Å². The zero-order valence-electron chi connectivity index (χ0n) is 12.9. The minimum atomic E-state index is 0.671. The molecule has 0 bridgehead atoms. The quantitative estimate of drug-likeness (QED) is 0.406. The number of hydrogen-bond acceptors (Lipinski definition) is 4. The largest absolute Gasteiger partial charge is 0.277 e. The fourth-order valence-electron chi connectivity index (χ4n) is 2.93. The number of rotatable bonds is 2. The van der Waals surface area contributed by atoms with Crippen molar-refractivity contribution in [2.24, 2.45) is 0 Å². The Morgan fingerprint density at radius 3 is 2.60 bits per heavy atom. The van der Waals surface area contributed by atoms with Crippen LogP contribution in [0.2, 0.25) is 0 Å². The first-order chi connectivity index (χ1) is 12.3. The highest BCUT2D eigenvalue weighted by molar-refractivity contribution is 14.1. The summed E-state index contributed by atoms with van der Waals surface area (Å²) in [7, 11) is 0. The van der Waals surface area contributed by atoms with Gasteiger partial charge in [0.2, 0.25) is 0 Å². The number of aromatic nitrogens is 6. The van der Waals surface area contributed by atoms with E-state index in [0.29, 0.717) is 5.82 Å². The Labute approximate surface area is 155 Å². The predicted molar refractivity (Wildman–Crippen MR) is 105 cm³/mol. The van der Waals surface area contributed by atoms with Crippen molar-refractivity contribution in [3.05, 3.63) is 58.6 Å². The molecular formula is C18H11IN6. The van der Waals surface area contributed by atoms with E-state index in [-0.39, 0.29) is 0 Å². The van der Waals surface area contributed by atoms with Crippen molar-refractivity contribution in [1.29, 1.82) is 0 Å². The van der Waals surface area contributed by atoms with Crippen LogP contribution in [-0.4, -0.2) is 30.4 Å². The van der Waals surface area contributed by atoms with Crippen molar-refractivity contribution in [3.63, 3.8) is 0 Å². The molecule has 3 heterocycles. The number of fused-ring (bicyclic) bond motifs is 2. The lowest BCUT2D eigenvalue weighted by Gasteiger charge is -2.02. The summed E-state index contributed by atoms with van der Waals surface area (Å²) in [6.45, 7) is 0. The molecule has 5 rings (SSSR count). The summed E-state index contributed by atoms with van der Waals surface area (Å²) in [6, 6.07) is 16.3. The van der Waals surface area contributed by atoms with Crippen molar-refractivity contribution in [2.75, 3.05) is 0 Å². The third kappa shape index (κ3) is 2.47. The molecule has 0 spiro atoms. The first kappa shape index (κ1) is 14.5. The number of hydrogen-bond donors (Lipinski definition) is 2. The molecular weight excluding hydrogens is 427 g/mol. The first-order valence-corrected chi connectivity index (χ1v) is 8.77. The molecule has 2 N–H and O–H groups in total. The van der Waals surface area contributed by atoms with E-state index in [1.165, 1.54) is 0 Å². The average Bonchev–Trinajstić information content (AvgIpc) is 3.27. The van der Waals surface area contributed by atoms with Crippen LogP contribution in [0, 0.1) is 3.83 Å². The second-order valence-electron chi connectivity index (χ2n) is 5.70.